The number of likely N-dealkylation sites (N-methyl/N-ethyl adjacent to an activating group) is 1. The molecule has 0 spiro atoms. The van der Waals surface area contributed by atoms with E-state index in [1.165, 1.54) is 25.3 Å². The van der Waals surface area contributed by atoms with E-state index in [2.05, 4.69) is 20.4 Å². The fraction of sp³-hybridized carbons (Fsp3) is 0.731. The molecule has 1 amide bonds. The van der Waals surface area contributed by atoms with E-state index in [0.717, 1.165) is 18.4 Å². The van der Waals surface area contributed by atoms with Crippen LogP contribution in [0.1, 0.15) is 88.0 Å². The van der Waals surface area contributed by atoms with Crippen LogP contribution in [0.2, 0.25) is 0 Å². The molecule has 0 aromatic carbocycles. The molecule has 7 nitrogen and oxygen atoms in total. The highest BCUT2D eigenvalue weighted by molar-refractivity contribution is 5.84. The molecular weight excluding hydrogens is 422 g/mol. The molecule has 2 atom stereocenters. The summed E-state index contributed by atoms with van der Waals surface area (Å²) in [4.78, 5) is 38.4. The number of esters is 2. The van der Waals surface area contributed by atoms with E-state index in [1.54, 1.807) is 32.9 Å². The third kappa shape index (κ3) is 15.2. The van der Waals surface area contributed by atoms with Gasteiger partial charge in [-0.2, -0.15) is 0 Å². The molecule has 1 rings (SSSR count). The molecule has 0 bridgehead atoms. The average molecular weight is 470 g/mol. The summed E-state index contributed by atoms with van der Waals surface area (Å²) in [6.07, 6.45) is 5.44. The first-order valence-electron chi connectivity index (χ1n) is 12.0. The van der Waals surface area contributed by atoms with Gasteiger partial charge in [0.2, 0.25) is 0 Å². The zero-order valence-corrected chi connectivity index (χ0v) is 22.5. The second kappa shape index (κ2) is 17.2. The Labute approximate surface area is 201 Å². The number of ether oxygens (including phenoxy) is 3. The number of nitrogens with zero attached hydrogens (tertiary/aromatic N) is 1. The van der Waals surface area contributed by atoms with Crippen LogP contribution >= 0.6 is 0 Å². The first-order chi connectivity index (χ1) is 15.4. The first-order valence-corrected chi connectivity index (χ1v) is 12.0. The van der Waals surface area contributed by atoms with Crippen LogP contribution < -0.4 is 0 Å². The predicted octanol–water partition coefficient (Wildman–Crippen LogP) is 6.07. The van der Waals surface area contributed by atoms with Gasteiger partial charge in [-0.15, -0.1) is 0 Å². The summed E-state index contributed by atoms with van der Waals surface area (Å²) in [5, 5.41) is 0. The van der Waals surface area contributed by atoms with E-state index in [4.69, 9.17) is 14.2 Å². The number of rotatable bonds is 9. The van der Waals surface area contributed by atoms with Crippen LogP contribution in [-0.4, -0.2) is 54.3 Å². The van der Waals surface area contributed by atoms with Crippen molar-refractivity contribution in [3.05, 3.63) is 24.3 Å². The van der Waals surface area contributed by atoms with E-state index in [9.17, 15) is 14.4 Å². The van der Waals surface area contributed by atoms with Crippen LogP contribution in [0.15, 0.2) is 24.3 Å². The summed E-state index contributed by atoms with van der Waals surface area (Å²) in [5.41, 5.74) is 0.0784. The predicted molar refractivity (Wildman–Crippen MR) is 133 cm³/mol. The number of hydrogen-bond acceptors (Lipinski definition) is 6. The number of hydrogen-bond donors (Lipinski definition) is 0. The van der Waals surface area contributed by atoms with Crippen molar-refractivity contribution in [3.63, 3.8) is 0 Å². The summed E-state index contributed by atoms with van der Waals surface area (Å²) in [6.45, 7) is 20.5. The lowest BCUT2D eigenvalue weighted by Gasteiger charge is -2.30. The summed E-state index contributed by atoms with van der Waals surface area (Å²) in [5.74, 6) is -0.922. The average Bonchev–Trinajstić information content (AvgIpc) is 3.57. The quantitative estimate of drug-likeness (QED) is 0.231. The molecule has 0 aliphatic heterocycles. The van der Waals surface area contributed by atoms with Gasteiger partial charge in [0.05, 0.1) is 0 Å². The van der Waals surface area contributed by atoms with Gasteiger partial charge >= 0.3 is 18.0 Å². The van der Waals surface area contributed by atoms with Crippen molar-refractivity contribution in [2.45, 2.75) is 106 Å². The largest absolute Gasteiger partial charge is 0.458 e. The second-order valence-electron chi connectivity index (χ2n) is 8.75. The lowest BCUT2D eigenvalue weighted by molar-refractivity contribution is -0.169. The smallest absolute Gasteiger partial charge is 0.410 e. The molecule has 0 N–H and O–H groups in total. The number of amides is 1. The van der Waals surface area contributed by atoms with E-state index < -0.39 is 35.8 Å². The molecule has 0 saturated heterocycles. The van der Waals surface area contributed by atoms with Crippen LogP contribution in [0.3, 0.4) is 0 Å². The van der Waals surface area contributed by atoms with Crippen LogP contribution in [0.25, 0.3) is 0 Å². The molecule has 0 aromatic rings. The lowest BCUT2D eigenvalue weighted by Crippen LogP contribution is -2.47. The minimum absolute atomic E-state index is 0.0596. The molecule has 1 fully saturated rings. The van der Waals surface area contributed by atoms with Gasteiger partial charge in [-0.1, -0.05) is 65.7 Å². The molecule has 0 heterocycles. The fourth-order valence-corrected chi connectivity index (χ4v) is 2.38. The van der Waals surface area contributed by atoms with Gasteiger partial charge < -0.3 is 14.2 Å². The van der Waals surface area contributed by atoms with E-state index >= 15 is 0 Å². The Morgan fingerprint density at radius 3 is 2.03 bits per heavy atom. The standard InChI is InChI=1S/C21H33NO6.C3H8.C2H6/c1-8-15(9-2)13-26-18(23)14(3)27-19(24)17(12-16-10-11-16)22(7)20(25)28-21(4,5)6;1-3-2;1-2/h8-9,14,16-17H,1,10-13H2,2-7H3;3H2,1-2H3;1-2H3/b15-9+;;/t14-,17+;;/m1../s1. The molecule has 0 aromatic heterocycles. The number of carbonyl (C=O) groups is 3. The third-order valence-corrected chi connectivity index (χ3v) is 4.31. The maximum atomic E-state index is 12.7. The summed E-state index contributed by atoms with van der Waals surface area (Å²) in [6, 6.07) is -0.808. The Bertz CT molecular complexity index is 631. The van der Waals surface area contributed by atoms with Crippen molar-refractivity contribution < 1.29 is 28.6 Å². The third-order valence-electron chi connectivity index (χ3n) is 4.31. The molecular formula is C26H47NO6. The highest BCUT2D eigenvalue weighted by Gasteiger charge is 2.37. The zero-order valence-electron chi connectivity index (χ0n) is 22.5. The van der Waals surface area contributed by atoms with Gasteiger partial charge in [-0.3, -0.25) is 4.90 Å². The van der Waals surface area contributed by atoms with Gasteiger partial charge in [0.1, 0.15) is 18.2 Å². The molecule has 33 heavy (non-hydrogen) atoms. The maximum Gasteiger partial charge on any atom is 0.410 e. The van der Waals surface area contributed by atoms with Crippen LogP contribution in [-0.2, 0) is 23.8 Å². The monoisotopic (exact) mass is 469 g/mol. The van der Waals surface area contributed by atoms with Crippen LogP contribution in [0.4, 0.5) is 4.79 Å². The Balaban J connectivity index is 0. The van der Waals surface area contributed by atoms with Crippen molar-refractivity contribution in [2.24, 2.45) is 5.92 Å². The molecule has 7 heteroatoms. The summed E-state index contributed by atoms with van der Waals surface area (Å²) >= 11 is 0. The number of carbonyl (C=O) groups excluding carboxylic acids is 3. The van der Waals surface area contributed by atoms with E-state index in [0.29, 0.717) is 12.3 Å². The molecule has 1 saturated carbocycles. The molecule has 0 radical (unpaired) electrons. The van der Waals surface area contributed by atoms with E-state index in [-0.39, 0.29) is 6.61 Å². The van der Waals surface area contributed by atoms with E-state index in [1.807, 2.05) is 20.8 Å². The highest BCUT2D eigenvalue weighted by Crippen LogP contribution is 2.35. The van der Waals surface area contributed by atoms with Crippen molar-refractivity contribution >= 4 is 18.0 Å². The normalized spacial score (nSPS) is 14.8. The van der Waals surface area contributed by atoms with Gasteiger partial charge in [0, 0.05) is 7.05 Å². The topological polar surface area (TPSA) is 82.1 Å². The Hall–Kier alpha value is -2.31. The van der Waals surface area contributed by atoms with Gasteiger partial charge in [0.15, 0.2) is 6.10 Å². The molecule has 1 aliphatic carbocycles. The zero-order chi connectivity index (χ0) is 26.2. The molecule has 1 aliphatic rings. The lowest BCUT2D eigenvalue weighted by atomic mass is 10.1. The highest BCUT2D eigenvalue weighted by atomic mass is 16.6. The van der Waals surface area contributed by atoms with Gasteiger partial charge in [0.25, 0.3) is 0 Å². The Morgan fingerprint density at radius 1 is 1.12 bits per heavy atom. The second-order valence-corrected chi connectivity index (χ2v) is 8.75. The Kier molecular flexibility index (Phi) is 17.1. The van der Waals surface area contributed by atoms with Crippen molar-refractivity contribution in [1.82, 2.24) is 4.90 Å². The SMILES string of the molecule is C=C/C(=C\C)COC(=O)[C@@H](C)OC(=O)[C@H](CC1CC1)N(C)C(=O)OC(C)(C)C.CC.CCC. The summed E-state index contributed by atoms with van der Waals surface area (Å²) < 4.78 is 15.8. The van der Waals surface area contributed by atoms with Gasteiger partial charge in [-0.05, 0) is 52.5 Å². The maximum absolute atomic E-state index is 12.7. The summed E-state index contributed by atoms with van der Waals surface area (Å²) in [7, 11) is 1.51. The minimum atomic E-state index is -1.08. The first kappa shape index (κ1) is 32.9. The van der Waals surface area contributed by atoms with Crippen molar-refractivity contribution in [2.75, 3.05) is 13.7 Å². The molecule has 0 unspecified atom stereocenters. The van der Waals surface area contributed by atoms with Crippen LogP contribution in [0, 0.1) is 5.92 Å². The minimum Gasteiger partial charge on any atom is -0.458 e. The Morgan fingerprint density at radius 2 is 1.64 bits per heavy atom. The van der Waals surface area contributed by atoms with Gasteiger partial charge in [-0.25, -0.2) is 14.4 Å². The van der Waals surface area contributed by atoms with Crippen molar-refractivity contribution in [1.29, 1.82) is 0 Å². The molecule has 192 valence electrons. The fourth-order valence-electron chi connectivity index (χ4n) is 2.38. The van der Waals surface area contributed by atoms with Crippen molar-refractivity contribution in [3.8, 4) is 0 Å². The number of allylic oxidation sites excluding steroid dienone is 1. The van der Waals surface area contributed by atoms with Crippen LogP contribution in [0.5, 0.6) is 0 Å².